The van der Waals surface area contributed by atoms with Crippen molar-refractivity contribution in [2.75, 3.05) is 14.2 Å². The van der Waals surface area contributed by atoms with Crippen LogP contribution in [0.15, 0.2) is 29.8 Å². The van der Waals surface area contributed by atoms with E-state index < -0.39 is 5.97 Å². The molecule has 6 nitrogen and oxygen atoms in total. The number of H-pyrrole nitrogens is 1. The summed E-state index contributed by atoms with van der Waals surface area (Å²) >= 11 is 0. The number of hydrogen-bond donors (Lipinski definition) is 1. The Morgan fingerprint density at radius 2 is 2.40 bits per heavy atom. The van der Waals surface area contributed by atoms with Crippen LogP contribution in [0.2, 0.25) is 0 Å². The van der Waals surface area contributed by atoms with Crippen LogP contribution in [0.3, 0.4) is 0 Å². The van der Waals surface area contributed by atoms with Gasteiger partial charge >= 0.3 is 5.97 Å². The quantitative estimate of drug-likeness (QED) is 0.564. The summed E-state index contributed by atoms with van der Waals surface area (Å²) < 4.78 is 4.76. The first kappa shape index (κ1) is 9.60. The first-order valence-corrected chi connectivity index (χ1v) is 4.39. The molecular formula is C9H11N4O2+. The lowest BCUT2D eigenvalue weighted by molar-refractivity contribution is -0.132. The number of aromatic nitrogens is 2. The van der Waals surface area contributed by atoms with Gasteiger partial charge in [0.15, 0.2) is 0 Å². The molecule has 1 aliphatic heterocycles. The SMILES string of the molecule is COC(=O)C1=N[N@@+](C)(c2cn[nH]c2)C=C1. The number of quaternary nitrogens is 1. The van der Waals surface area contributed by atoms with E-state index in [9.17, 15) is 4.79 Å². The van der Waals surface area contributed by atoms with E-state index >= 15 is 0 Å². The van der Waals surface area contributed by atoms with Gasteiger partial charge in [-0.2, -0.15) is 5.10 Å². The van der Waals surface area contributed by atoms with E-state index in [1.165, 1.54) is 7.11 Å². The lowest BCUT2D eigenvalue weighted by Gasteiger charge is -2.16. The van der Waals surface area contributed by atoms with Crippen molar-refractivity contribution in [3.8, 4) is 0 Å². The topological polar surface area (TPSA) is 67.3 Å². The van der Waals surface area contributed by atoms with E-state index in [0.717, 1.165) is 5.69 Å². The maximum absolute atomic E-state index is 11.2. The van der Waals surface area contributed by atoms with Gasteiger partial charge in [0.1, 0.15) is 19.4 Å². The van der Waals surface area contributed by atoms with E-state index in [2.05, 4.69) is 20.0 Å². The predicted octanol–water partition coefficient (Wildman–Crippen LogP) is 0.403. The van der Waals surface area contributed by atoms with Crippen LogP contribution in [0.1, 0.15) is 0 Å². The Hall–Kier alpha value is -1.95. The van der Waals surface area contributed by atoms with Gasteiger partial charge in [0.25, 0.3) is 0 Å². The van der Waals surface area contributed by atoms with Crippen molar-refractivity contribution in [3.05, 3.63) is 24.7 Å². The van der Waals surface area contributed by atoms with Crippen LogP contribution >= 0.6 is 0 Å². The summed E-state index contributed by atoms with van der Waals surface area (Å²) in [6.45, 7) is 0. The Kier molecular flexibility index (Phi) is 2.12. The first-order valence-electron chi connectivity index (χ1n) is 4.39. The molecule has 0 amide bonds. The molecular weight excluding hydrogens is 196 g/mol. The number of nitrogens with zero attached hydrogens (tertiary/aromatic N) is 3. The lowest BCUT2D eigenvalue weighted by atomic mass is 10.4. The van der Waals surface area contributed by atoms with Gasteiger partial charge in [0, 0.05) is 6.08 Å². The molecule has 0 unspecified atom stereocenters. The predicted molar refractivity (Wildman–Crippen MR) is 54.9 cm³/mol. The summed E-state index contributed by atoms with van der Waals surface area (Å²) in [5, 5.41) is 10.8. The Morgan fingerprint density at radius 3 is 3.00 bits per heavy atom. The molecule has 0 radical (unpaired) electrons. The highest BCUT2D eigenvalue weighted by Gasteiger charge is 2.31. The van der Waals surface area contributed by atoms with Gasteiger partial charge in [0.05, 0.1) is 13.3 Å². The molecule has 15 heavy (non-hydrogen) atoms. The molecule has 0 fully saturated rings. The maximum Gasteiger partial charge on any atom is 0.362 e. The zero-order chi connectivity index (χ0) is 10.9. The molecule has 1 aromatic rings. The normalized spacial score (nSPS) is 24.0. The molecule has 0 spiro atoms. The zero-order valence-corrected chi connectivity index (χ0v) is 8.47. The number of carbonyl (C=O) groups excluding carboxylic acids is 1. The number of aromatic amines is 1. The second-order valence-electron chi connectivity index (χ2n) is 3.28. The molecule has 2 rings (SSSR count). The Labute approximate surface area is 86.4 Å². The standard InChI is InChI=1S/C9H11N4O2/c1-13(7-5-10-11-6-7)4-3-8(12-13)9(14)15-2/h3-6H,1-2H3,(H,10,11)/q+1/t13-/m1/s1. The Morgan fingerprint density at radius 1 is 1.60 bits per heavy atom. The van der Waals surface area contributed by atoms with Gasteiger partial charge in [-0.3, -0.25) is 5.10 Å². The average Bonchev–Trinajstić information content (AvgIpc) is 2.85. The summed E-state index contributed by atoms with van der Waals surface area (Å²) in [5.74, 6) is -0.434. The number of hydrogen-bond acceptors (Lipinski definition) is 4. The van der Waals surface area contributed by atoms with Crippen LogP contribution in [-0.4, -0.2) is 36.0 Å². The molecule has 0 saturated heterocycles. The van der Waals surface area contributed by atoms with Crippen LogP contribution in [0, 0.1) is 0 Å². The third-order valence-electron chi connectivity index (χ3n) is 2.24. The summed E-state index contributed by atoms with van der Waals surface area (Å²) in [5.41, 5.74) is 1.16. The highest BCUT2D eigenvalue weighted by atomic mass is 16.5. The van der Waals surface area contributed by atoms with Gasteiger partial charge in [-0.25, -0.2) is 4.79 Å². The first-order chi connectivity index (χ1) is 7.15. The van der Waals surface area contributed by atoms with Crippen molar-refractivity contribution in [2.24, 2.45) is 5.10 Å². The van der Waals surface area contributed by atoms with Crippen molar-refractivity contribution in [2.45, 2.75) is 0 Å². The maximum atomic E-state index is 11.2. The van der Waals surface area contributed by atoms with Gasteiger partial charge in [-0.1, -0.05) is 5.10 Å². The molecule has 1 atom stereocenters. The fraction of sp³-hybridized carbons (Fsp3) is 0.222. The highest BCUT2D eigenvalue weighted by molar-refractivity contribution is 6.41. The van der Waals surface area contributed by atoms with Gasteiger partial charge < -0.3 is 4.74 Å². The fourth-order valence-electron chi connectivity index (χ4n) is 1.36. The molecule has 1 aliphatic rings. The van der Waals surface area contributed by atoms with E-state index in [-0.39, 0.29) is 4.59 Å². The number of nitrogens with one attached hydrogen (secondary N) is 1. The molecule has 1 N–H and O–H groups in total. The molecule has 0 aliphatic carbocycles. The average molecular weight is 207 g/mol. The molecule has 0 aromatic carbocycles. The second-order valence-corrected chi connectivity index (χ2v) is 3.28. The van der Waals surface area contributed by atoms with Crippen LogP contribution in [0.4, 0.5) is 5.69 Å². The number of rotatable bonds is 2. The summed E-state index contributed by atoms with van der Waals surface area (Å²) in [6, 6.07) is 0. The van der Waals surface area contributed by atoms with Crippen molar-refractivity contribution in [3.63, 3.8) is 0 Å². The Balaban J connectivity index is 2.32. The minimum atomic E-state index is -0.434. The lowest BCUT2D eigenvalue weighted by Crippen LogP contribution is -2.30. The monoisotopic (exact) mass is 207 g/mol. The minimum absolute atomic E-state index is 0.168. The largest absolute Gasteiger partial charge is 0.464 e. The number of methoxy groups -OCH3 is 1. The molecule has 78 valence electrons. The van der Waals surface area contributed by atoms with Crippen LogP contribution in [0.25, 0.3) is 0 Å². The van der Waals surface area contributed by atoms with Crippen molar-refractivity contribution in [1.29, 1.82) is 0 Å². The smallest absolute Gasteiger partial charge is 0.362 e. The summed E-state index contributed by atoms with van der Waals surface area (Å²) in [6.07, 6.45) is 6.82. The van der Waals surface area contributed by atoms with Crippen LogP contribution in [0.5, 0.6) is 0 Å². The van der Waals surface area contributed by atoms with Gasteiger partial charge in [-0.15, -0.1) is 4.59 Å². The third kappa shape index (κ3) is 1.55. The fourth-order valence-corrected chi connectivity index (χ4v) is 1.36. The second kappa shape index (κ2) is 3.32. The Bertz CT molecular complexity index is 435. The molecule has 0 bridgehead atoms. The van der Waals surface area contributed by atoms with Crippen molar-refractivity contribution >= 4 is 17.4 Å². The van der Waals surface area contributed by atoms with E-state index in [1.807, 2.05) is 7.05 Å². The van der Waals surface area contributed by atoms with Crippen molar-refractivity contribution in [1.82, 2.24) is 14.8 Å². The molecule has 0 saturated carbocycles. The number of ether oxygens (including phenoxy) is 1. The van der Waals surface area contributed by atoms with E-state index in [1.54, 1.807) is 24.7 Å². The van der Waals surface area contributed by atoms with Crippen LogP contribution in [-0.2, 0) is 9.53 Å². The summed E-state index contributed by atoms with van der Waals surface area (Å²) in [7, 11) is 3.18. The third-order valence-corrected chi connectivity index (χ3v) is 2.24. The molecule has 1 aromatic heterocycles. The molecule has 6 heteroatoms. The van der Waals surface area contributed by atoms with E-state index in [4.69, 9.17) is 0 Å². The van der Waals surface area contributed by atoms with Gasteiger partial charge in [0.2, 0.25) is 11.4 Å². The summed E-state index contributed by atoms with van der Waals surface area (Å²) in [4.78, 5) is 11.2. The molecule has 2 heterocycles. The zero-order valence-electron chi connectivity index (χ0n) is 8.47. The highest BCUT2D eigenvalue weighted by Crippen LogP contribution is 2.24. The van der Waals surface area contributed by atoms with Crippen LogP contribution < -0.4 is 4.59 Å². The van der Waals surface area contributed by atoms with E-state index in [0.29, 0.717) is 5.71 Å². The number of esters is 1. The van der Waals surface area contributed by atoms with Gasteiger partial charge in [-0.05, 0) is 0 Å². The minimum Gasteiger partial charge on any atom is -0.464 e. The number of carbonyl (C=O) groups is 1. The van der Waals surface area contributed by atoms with Crippen molar-refractivity contribution < 1.29 is 9.53 Å².